The van der Waals surface area contributed by atoms with E-state index in [2.05, 4.69) is 55.0 Å². The van der Waals surface area contributed by atoms with E-state index >= 15 is 0 Å². The fraction of sp³-hybridized carbons (Fsp3) is 0.643. The van der Waals surface area contributed by atoms with Crippen molar-refractivity contribution in [3.8, 4) is 0 Å². The Balaban J connectivity index is 2.80. The molecule has 0 aliphatic rings. The molecule has 1 N–H and O–H groups in total. The summed E-state index contributed by atoms with van der Waals surface area (Å²) in [6.07, 6.45) is 3.08. The Labute approximate surface area is 105 Å². The summed E-state index contributed by atoms with van der Waals surface area (Å²) < 4.78 is 0. The van der Waals surface area contributed by atoms with Crippen molar-refractivity contribution in [3.63, 3.8) is 0 Å². The summed E-state index contributed by atoms with van der Waals surface area (Å²) in [6.45, 7) is 11.7. The molecule has 3 heteroatoms. The minimum atomic E-state index is 0.532. The van der Waals surface area contributed by atoms with Crippen LogP contribution in [-0.4, -0.2) is 24.1 Å². The molecule has 17 heavy (non-hydrogen) atoms. The van der Waals surface area contributed by atoms with Crippen molar-refractivity contribution in [1.29, 1.82) is 0 Å². The molecule has 96 valence electrons. The standard InChI is InChI=1S/C14H25N3/c1-5-9-17(12(3)4)14-7-8-16-13(10-14)11-15-6-2/h7-8,10,12,15H,5-6,9,11H2,1-4H3. The highest BCUT2D eigenvalue weighted by Crippen LogP contribution is 2.17. The monoisotopic (exact) mass is 235 g/mol. The zero-order chi connectivity index (χ0) is 12.7. The van der Waals surface area contributed by atoms with Crippen molar-refractivity contribution in [3.05, 3.63) is 24.0 Å². The normalized spacial score (nSPS) is 10.9. The highest BCUT2D eigenvalue weighted by Gasteiger charge is 2.09. The number of pyridine rings is 1. The molecule has 0 radical (unpaired) electrons. The van der Waals surface area contributed by atoms with E-state index in [1.54, 1.807) is 0 Å². The van der Waals surface area contributed by atoms with Crippen molar-refractivity contribution < 1.29 is 0 Å². The van der Waals surface area contributed by atoms with E-state index in [1.807, 2.05) is 6.20 Å². The molecule has 0 aliphatic heterocycles. The van der Waals surface area contributed by atoms with Crippen molar-refractivity contribution in [2.24, 2.45) is 0 Å². The molecule has 0 aliphatic carbocycles. The molecule has 3 nitrogen and oxygen atoms in total. The van der Waals surface area contributed by atoms with E-state index in [1.165, 1.54) is 12.1 Å². The Kier molecular flexibility index (Phi) is 5.98. The third kappa shape index (κ3) is 4.35. The van der Waals surface area contributed by atoms with Gasteiger partial charge in [-0.1, -0.05) is 13.8 Å². The molecule has 0 saturated heterocycles. The first kappa shape index (κ1) is 14.0. The Morgan fingerprint density at radius 3 is 2.71 bits per heavy atom. The van der Waals surface area contributed by atoms with E-state index in [0.29, 0.717) is 6.04 Å². The third-order valence-corrected chi connectivity index (χ3v) is 2.78. The maximum atomic E-state index is 4.39. The topological polar surface area (TPSA) is 28.2 Å². The molecular formula is C14H25N3. The predicted octanol–water partition coefficient (Wildman–Crippen LogP) is 2.82. The van der Waals surface area contributed by atoms with Crippen LogP contribution in [0, 0.1) is 0 Å². The fourth-order valence-corrected chi connectivity index (χ4v) is 1.92. The first-order valence-electron chi connectivity index (χ1n) is 6.61. The van der Waals surface area contributed by atoms with Crippen LogP contribution in [0.25, 0.3) is 0 Å². The highest BCUT2D eigenvalue weighted by molar-refractivity contribution is 5.47. The lowest BCUT2D eigenvalue weighted by Gasteiger charge is -2.28. The van der Waals surface area contributed by atoms with Crippen molar-refractivity contribution in [2.75, 3.05) is 18.0 Å². The zero-order valence-electron chi connectivity index (χ0n) is 11.5. The molecule has 0 bridgehead atoms. The number of nitrogens with zero attached hydrogens (tertiary/aromatic N) is 2. The minimum Gasteiger partial charge on any atom is -0.369 e. The molecule has 0 saturated carbocycles. The Hall–Kier alpha value is -1.09. The average Bonchev–Trinajstić information content (AvgIpc) is 2.33. The summed E-state index contributed by atoms with van der Waals surface area (Å²) >= 11 is 0. The third-order valence-electron chi connectivity index (χ3n) is 2.78. The van der Waals surface area contributed by atoms with E-state index in [9.17, 15) is 0 Å². The van der Waals surface area contributed by atoms with E-state index < -0.39 is 0 Å². The second-order valence-corrected chi connectivity index (χ2v) is 4.57. The van der Waals surface area contributed by atoms with Gasteiger partial charge >= 0.3 is 0 Å². The molecule has 0 aromatic carbocycles. The number of hydrogen-bond donors (Lipinski definition) is 1. The molecule has 0 unspecified atom stereocenters. The molecule has 1 aromatic heterocycles. The quantitative estimate of drug-likeness (QED) is 0.787. The van der Waals surface area contributed by atoms with Crippen LogP contribution in [0.2, 0.25) is 0 Å². The van der Waals surface area contributed by atoms with Gasteiger partial charge in [-0.05, 0) is 38.9 Å². The van der Waals surface area contributed by atoms with Crippen LogP contribution >= 0.6 is 0 Å². The Bertz CT molecular complexity index is 323. The summed E-state index contributed by atoms with van der Waals surface area (Å²) in [5.41, 5.74) is 2.40. The molecule has 0 amide bonds. The smallest absolute Gasteiger partial charge is 0.0562 e. The molecule has 1 aromatic rings. The van der Waals surface area contributed by atoms with Gasteiger partial charge in [0.2, 0.25) is 0 Å². The lowest BCUT2D eigenvalue weighted by Crippen LogP contribution is -2.31. The van der Waals surface area contributed by atoms with Crippen LogP contribution in [0.4, 0.5) is 5.69 Å². The fourth-order valence-electron chi connectivity index (χ4n) is 1.92. The molecule has 0 atom stereocenters. The second kappa shape index (κ2) is 7.28. The van der Waals surface area contributed by atoms with Gasteiger partial charge in [-0.2, -0.15) is 0 Å². The summed E-state index contributed by atoms with van der Waals surface area (Å²) in [4.78, 5) is 6.82. The van der Waals surface area contributed by atoms with Crippen LogP contribution in [0.15, 0.2) is 18.3 Å². The van der Waals surface area contributed by atoms with Gasteiger partial charge in [0, 0.05) is 31.0 Å². The Morgan fingerprint density at radius 1 is 1.35 bits per heavy atom. The summed E-state index contributed by atoms with van der Waals surface area (Å²) in [5, 5.41) is 3.31. The number of aromatic nitrogens is 1. The van der Waals surface area contributed by atoms with Crippen LogP contribution < -0.4 is 10.2 Å². The van der Waals surface area contributed by atoms with E-state index in [4.69, 9.17) is 0 Å². The SMILES string of the molecule is CCCN(c1ccnc(CNCC)c1)C(C)C. The summed E-state index contributed by atoms with van der Waals surface area (Å²) in [6, 6.07) is 4.83. The van der Waals surface area contributed by atoms with Gasteiger partial charge in [0.25, 0.3) is 0 Å². The zero-order valence-corrected chi connectivity index (χ0v) is 11.5. The number of nitrogens with one attached hydrogen (secondary N) is 1. The average molecular weight is 235 g/mol. The van der Waals surface area contributed by atoms with E-state index in [-0.39, 0.29) is 0 Å². The first-order chi connectivity index (χ1) is 8.19. The van der Waals surface area contributed by atoms with Gasteiger partial charge in [0.05, 0.1) is 5.69 Å². The van der Waals surface area contributed by atoms with Crippen LogP contribution in [0.3, 0.4) is 0 Å². The molecule has 0 fully saturated rings. The Morgan fingerprint density at radius 2 is 2.12 bits per heavy atom. The largest absolute Gasteiger partial charge is 0.369 e. The van der Waals surface area contributed by atoms with Gasteiger partial charge in [-0.25, -0.2) is 0 Å². The lowest BCUT2D eigenvalue weighted by atomic mass is 10.2. The number of hydrogen-bond acceptors (Lipinski definition) is 3. The van der Waals surface area contributed by atoms with Crippen molar-refractivity contribution >= 4 is 5.69 Å². The van der Waals surface area contributed by atoms with Crippen LogP contribution in [0.5, 0.6) is 0 Å². The van der Waals surface area contributed by atoms with Crippen LogP contribution in [-0.2, 0) is 6.54 Å². The second-order valence-electron chi connectivity index (χ2n) is 4.57. The molecule has 1 heterocycles. The van der Waals surface area contributed by atoms with Gasteiger partial charge in [0.1, 0.15) is 0 Å². The minimum absolute atomic E-state index is 0.532. The van der Waals surface area contributed by atoms with Gasteiger partial charge in [-0.3, -0.25) is 4.98 Å². The maximum absolute atomic E-state index is 4.39. The molecule has 0 spiro atoms. The highest BCUT2D eigenvalue weighted by atomic mass is 15.1. The molecular weight excluding hydrogens is 210 g/mol. The van der Waals surface area contributed by atoms with E-state index in [0.717, 1.165) is 25.3 Å². The van der Waals surface area contributed by atoms with Gasteiger partial charge in [-0.15, -0.1) is 0 Å². The summed E-state index contributed by atoms with van der Waals surface area (Å²) in [5.74, 6) is 0. The predicted molar refractivity (Wildman–Crippen MR) is 74.4 cm³/mol. The first-order valence-corrected chi connectivity index (χ1v) is 6.61. The van der Waals surface area contributed by atoms with Crippen molar-refractivity contribution in [2.45, 2.75) is 46.7 Å². The maximum Gasteiger partial charge on any atom is 0.0562 e. The van der Waals surface area contributed by atoms with Crippen LogP contribution in [0.1, 0.15) is 39.8 Å². The molecule has 1 rings (SSSR count). The number of anilines is 1. The number of rotatable bonds is 7. The summed E-state index contributed by atoms with van der Waals surface area (Å²) in [7, 11) is 0. The van der Waals surface area contributed by atoms with Gasteiger partial charge < -0.3 is 10.2 Å². The lowest BCUT2D eigenvalue weighted by molar-refractivity contribution is 0.667. The van der Waals surface area contributed by atoms with Gasteiger partial charge in [0.15, 0.2) is 0 Å². The van der Waals surface area contributed by atoms with Crippen molar-refractivity contribution in [1.82, 2.24) is 10.3 Å².